The Hall–Kier alpha value is -3.49. The number of carboxylic acids is 1. The number of likely N-dealkylation sites (N-methyl/N-ethyl adjacent to an activating group) is 1. The molecule has 0 saturated heterocycles. The summed E-state index contributed by atoms with van der Waals surface area (Å²) < 4.78 is 17.1. The number of carbonyl (C=O) groups excluding carboxylic acids is 3. The van der Waals surface area contributed by atoms with Gasteiger partial charge < -0.3 is 28.6 Å². The maximum atomic E-state index is 12.7. The fraction of sp³-hybridized carbons (Fsp3) is 0.667. The molecule has 0 aromatic carbocycles. The standard InChI is InChI=1S/C51H85NO7/c1-6-8-10-12-14-16-18-20-21-22-23-24-25-26-27-28-30-31-33-35-37-39-41-49(53)58-46-47(45-57-44-43-48(51(55)56)52(3,4)5)59-50(54)42-40-38-36-34-32-29-19-17-15-13-11-9-7-2/h9,11,13-17,19-21,23-24,29,32,47-48H,6-8,10,12,18,22,25-28,30-31,33-46H2,1-5H3/b11-9+,15-13+,16-14+,19-17+,21-20+,24-23+,32-29+. The lowest BCUT2D eigenvalue weighted by Gasteiger charge is -2.34. The van der Waals surface area contributed by atoms with E-state index in [0.29, 0.717) is 12.8 Å². The zero-order valence-corrected chi connectivity index (χ0v) is 38.1. The van der Waals surface area contributed by atoms with Crippen LogP contribution in [0.3, 0.4) is 0 Å². The molecule has 8 nitrogen and oxygen atoms in total. The number of hydrogen-bond donors (Lipinski definition) is 0. The minimum atomic E-state index is -1.14. The molecular formula is C51H85NO7. The molecule has 0 amide bonds. The van der Waals surface area contributed by atoms with Crippen LogP contribution in [-0.2, 0) is 28.6 Å². The van der Waals surface area contributed by atoms with E-state index in [0.717, 1.165) is 64.2 Å². The number of nitrogens with zero attached hydrogens (tertiary/aromatic N) is 1. The van der Waals surface area contributed by atoms with Crippen LogP contribution in [0.2, 0.25) is 0 Å². The van der Waals surface area contributed by atoms with Crippen molar-refractivity contribution in [3.8, 4) is 0 Å². The minimum Gasteiger partial charge on any atom is -0.544 e. The molecule has 0 aromatic heterocycles. The van der Waals surface area contributed by atoms with Crippen molar-refractivity contribution in [2.45, 2.75) is 180 Å². The van der Waals surface area contributed by atoms with Crippen molar-refractivity contribution < 1.29 is 38.2 Å². The number of carbonyl (C=O) groups is 3. The summed E-state index contributed by atoms with van der Waals surface area (Å²) in [6.07, 6.45) is 53.3. The van der Waals surface area contributed by atoms with E-state index in [-0.39, 0.29) is 49.1 Å². The Bertz CT molecular complexity index is 1240. The van der Waals surface area contributed by atoms with Gasteiger partial charge in [-0.15, -0.1) is 0 Å². The summed E-state index contributed by atoms with van der Waals surface area (Å²) in [5, 5.41) is 11.6. The van der Waals surface area contributed by atoms with E-state index in [1.807, 2.05) is 36.5 Å². The molecule has 59 heavy (non-hydrogen) atoms. The first-order valence-corrected chi connectivity index (χ1v) is 23.2. The Kier molecular flexibility index (Phi) is 38.8. The molecule has 0 rings (SSSR count). The highest BCUT2D eigenvalue weighted by Gasteiger charge is 2.25. The highest BCUT2D eigenvalue weighted by Crippen LogP contribution is 2.13. The summed E-state index contributed by atoms with van der Waals surface area (Å²) in [7, 11) is 5.38. The summed E-state index contributed by atoms with van der Waals surface area (Å²) in [4.78, 5) is 36.9. The van der Waals surface area contributed by atoms with Gasteiger partial charge in [0.2, 0.25) is 0 Å². The number of unbranched alkanes of at least 4 members (excludes halogenated alkanes) is 15. The van der Waals surface area contributed by atoms with Crippen LogP contribution in [0.1, 0.15) is 168 Å². The number of aliphatic carboxylic acids is 1. The highest BCUT2D eigenvalue weighted by atomic mass is 16.6. The second kappa shape index (κ2) is 41.3. The van der Waals surface area contributed by atoms with E-state index >= 15 is 0 Å². The molecule has 0 spiro atoms. The quantitative estimate of drug-likeness (QED) is 0.0199. The predicted octanol–water partition coefficient (Wildman–Crippen LogP) is 11.6. The number of allylic oxidation sites excluding steroid dienone is 14. The van der Waals surface area contributed by atoms with Crippen LogP contribution in [0, 0.1) is 0 Å². The van der Waals surface area contributed by atoms with E-state index in [4.69, 9.17) is 14.2 Å². The molecule has 0 aliphatic carbocycles. The summed E-state index contributed by atoms with van der Waals surface area (Å²) in [5.41, 5.74) is 0. The summed E-state index contributed by atoms with van der Waals surface area (Å²) in [6, 6.07) is -0.738. The van der Waals surface area contributed by atoms with E-state index in [1.165, 1.54) is 64.2 Å². The Balaban J connectivity index is 4.32. The summed E-state index contributed by atoms with van der Waals surface area (Å²) in [5.74, 6) is -1.80. The van der Waals surface area contributed by atoms with Crippen molar-refractivity contribution in [2.75, 3.05) is 41.0 Å². The number of ether oxygens (including phenoxy) is 3. The van der Waals surface area contributed by atoms with Gasteiger partial charge in [0.05, 0.1) is 40.3 Å². The second-order valence-electron chi connectivity index (χ2n) is 16.3. The van der Waals surface area contributed by atoms with E-state index in [1.54, 1.807) is 21.1 Å². The molecule has 0 saturated carbocycles. The summed E-state index contributed by atoms with van der Waals surface area (Å²) >= 11 is 0. The lowest BCUT2D eigenvalue weighted by atomic mass is 10.1. The number of carboxylic acid groups (broad SMARTS) is 1. The first-order chi connectivity index (χ1) is 28.6. The molecule has 0 N–H and O–H groups in total. The Morgan fingerprint density at radius 2 is 1.02 bits per heavy atom. The molecule has 0 heterocycles. The lowest BCUT2D eigenvalue weighted by molar-refractivity contribution is -0.889. The van der Waals surface area contributed by atoms with Crippen LogP contribution in [0.4, 0.5) is 0 Å². The van der Waals surface area contributed by atoms with Gasteiger partial charge in [0.15, 0.2) is 6.10 Å². The van der Waals surface area contributed by atoms with Crippen LogP contribution in [-0.4, -0.2) is 75.5 Å². The Morgan fingerprint density at radius 3 is 1.58 bits per heavy atom. The molecule has 0 aromatic rings. The normalized spacial score (nSPS) is 13.7. The van der Waals surface area contributed by atoms with Gasteiger partial charge in [0.25, 0.3) is 0 Å². The molecule has 2 unspecified atom stereocenters. The number of quaternary nitrogens is 1. The largest absolute Gasteiger partial charge is 0.544 e. The van der Waals surface area contributed by atoms with Crippen molar-refractivity contribution in [2.24, 2.45) is 0 Å². The van der Waals surface area contributed by atoms with Crippen LogP contribution in [0.25, 0.3) is 0 Å². The van der Waals surface area contributed by atoms with Gasteiger partial charge in [-0.05, 0) is 70.6 Å². The van der Waals surface area contributed by atoms with Crippen molar-refractivity contribution >= 4 is 17.9 Å². The van der Waals surface area contributed by atoms with Crippen molar-refractivity contribution in [3.63, 3.8) is 0 Å². The van der Waals surface area contributed by atoms with Gasteiger partial charge in [-0.1, -0.05) is 163 Å². The average Bonchev–Trinajstić information content (AvgIpc) is 3.19. The van der Waals surface area contributed by atoms with Crippen LogP contribution in [0.15, 0.2) is 85.1 Å². The molecule has 336 valence electrons. The second-order valence-corrected chi connectivity index (χ2v) is 16.3. The van der Waals surface area contributed by atoms with E-state index in [9.17, 15) is 19.5 Å². The molecule has 0 bridgehead atoms. The molecular weight excluding hydrogens is 739 g/mol. The van der Waals surface area contributed by atoms with E-state index < -0.39 is 18.1 Å². The molecule has 0 radical (unpaired) electrons. The van der Waals surface area contributed by atoms with Crippen LogP contribution >= 0.6 is 0 Å². The predicted molar refractivity (Wildman–Crippen MR) is 245 cm³/mol. The maximum Gasteiger partial charge on any atom is 0.306 e. The summed E-state index contributed by atoms with van der Waals surface area (Å²) in [6.45, 7) is 4.43. The van der Waals surface area contributed by atoms with Crippen LogP contribution in [0.5, 0.6) is 0 Å². The van der Waals surface area contributed by atoms with Crippen molar-refractivity contribution in [3.05, 3.63) is 85.1 Å². The Morgan fingerprint density at radius 1 is 0.542 bits per heavy atom. The molecule has 0 aliphatic heterocycles. The fourth-order valence-corrected chi connectivity index (χ4v) is 6.26. The molecule has 0 aliphatic rings. The van der Waals surface area contributed by atoms with Gasteiger partial charge in [-0.3, -0.25) is 9.59 Å². The number of rotatable bonds is 40. The maximum absolute atomic E-state index is 12.7. The fourth-order valence-electron chi connectivity index (χ4n) is 6.26. The minimum absolute atomic E-state index is 0.0180. The van der Waals surface area contributed by atoms with Gasteiger partial charge in [0, 0.05) is 19.3 Å². The third-order valence-electron chi connectivity index (χ3n) is 9.86. The molecule has 8 heteroatoms. The zero-order chi connectivity index (χ0) is 43.5. The topological polar surface area (TPSA) is 102 Å². The van der Waals surface area contributed by atoms with Gasteiger partial charge in [-0.25, -0.2) is 0 Å². The highest BCUT2D eigenvalue weighted by molar-refractivity contribution is 5.70. The smallest absolute Gasteiger partial charge is 0.306 e. The number of esters is 2. The first kappa shape index (κ1) is 55.5. The van der Waals surface area contributed by atoms with Crippen molar-refractivity contribution in [1.82, 2.24) is 0 Å². The lowest BCUT2D eigenvalue weighted by Crippen LogP contribution is -2.55. The van der Waals surface area contributed by atoms with Gasteiger partial charge in [0.1, 0.15) is 12.6 Å². The van der Waals surface area contributed by atoms with Gasteiger partial charge in [-0.2, -0.15) is 0 Å². The van der Waals surface area contributed by atoms with Crippen molar-refractivity contribution in [1.29, 1.82) is 0 Å². The first-order valence-electron chi connectivity index (χ1n) is 23.2. The van der Waals surface area contributed by atoms with Crippen LogP contribution < -0.4 is 5.11 Å². The third-order valence-corrected chi connectivity index (χ3v) is 9.86. The van der Waals surface area contributed by atoms with E-state index in [2.05, 4.69) is 62.5 Å². The molecule has 2 atom stereocenters. The zero-order valence-electron chi connectivity index (χ0n) is 38.1. The monoisotopic (exact) mass is 824 g/mol. The molecule has 0 fully saturated rings. The van der Waals surface area contributed by atoms with Gasteiger partial charge >= 0.3 is 11.9 Å². The number of hydrogen-bond acceptors (Lipinski definition) is 7. The average molecular weight is 824 g/mol. The SMILES string of the molecule is CC/C=C/C=C/C=C/C=C/CCCCCC(=O)OC(COCCC(C(=O)[O-])[N+](C)(C)C)COC(=O)CCCCCCCCCCC/C=C/C/C=C/C/C=C/CCCCC. The Labute approximate surface area is 361 Å². The third kappa shape index (κ3) is 39.7.